The van der Waals surface area contributed by atoms with E-state index in [0.717, 1.165) is 0 Å². The van der Waals surface area contributed by atoms with E-state index in [1.165, 1.54) is 11.4 Å². The molecule has 0 aromatic heterocycles. The van der Waals surface area contributed by atoms with E-state index >= 15 is 0 Å². The van der Waals surface area contributed by atoms with Gasteiger partial charge in [0.1, 0.15) is 4.99 Å². The Morgan fingerprint density at radius 3 is 2.42 bits per heavy atom. The molecule has 19 heavy (non-hydrogen) atoms. The Bertz CT molecular complexity index is 526. The minimum absolute atomic E-state index is 0.0500. The zero-order chi connectivity index (χ0) is 14.5. The minimum Gasteiger partial charge on any atom is -0.389 e. The van der Waals surface area contributed by atoms with Gasteiger partial charge >= 0.3 is 0 Å². The van der Waals surface area contributed by atoms with E-state index in [0.29, 0.717) is 24.3 Å². The fraction of sp³-hybridized carbons (Fsp3) is 0.417. The van der Waals surface area contributed by atoms with Crippen molar-refractivity contribution in [3.05, 3.63) is 29.8 Å². The molecule has 0 atom stereocenters. The Hall–Kier alpha value is -1.18. The predicted octanol–water partition coefficient (Wildman–Crippen LogP) is 1.12. The van der Waals surface area contributed by atoms with E-state index < -0.39 is 10.0 Å². The summed E-state index contributed by atoms with van der Waals surface area (Å²) in [5, 5.41) is 0. The van der Waals surface area contributed by atoms with Gasteiger partial charge in [0.15, 0.2) is 0 Å². The number of nitrogens with zero attached hydrogens (tertiary/aromatic N) is 1. The number of rotatable bonds is 7. The van der Waals surface area contributed by atoms with Crippen molar-refractivity contribution in [1.29, 1.82) is 0 Å². The molecule has 7 heteroatoms. The third-order valence-corrected chi connectivity index (χ3v) is 4.77. The van der Waals surface area contributed by atoms with Crippen LogP contribution in [0.3, 0.4) is 0 Å². The van der Waals surface area contributed by atoms with Gasteiger partial charge in [-0.15, -0.1) is 0 Å². The van der Waals surface area contributed by atoms with Gasteiger partial charge in [-0.25, -0.2) is 8.42 Å². The molecule has 1 rings (SSSR count). The Balaban J connectivity index is 2.81. The molecule has 0 unspecified atom stereocenters. The second-order valence-corrected chi connectivity index (χ2v) is 6.60. The monoisotopic (exact) mass is 302 g/mol. The molecule has 0 spiro atoms. The summed E-state index contributed by atoms with van der Waals surface area (Å²) < 4.78 is 30.2. The highest BCUT2D eigenvalue weighted by molar-refractivity contribution is 7.92. The zero-order valence-corrected chi connectivity index (χ0v) is 12.6. The lowest BCUT2D eigenvalue weighted by Gasteiger charge is -2.19. The molecule has 1 aromatic rings. The van der Waals surface area contributed by atoms with Crippen LogP contribution in [-0.2, 0) is 14.8 Å². The maximum atomic E-state index is 12.0. The normalized spacial score (nSPS) is 11.3. The summed E-state index contributed by atoms with van der Waals surface area (Å²) in [6.07, 6.45) is 0.466. The van der Waals surface area contributed by atoms with Gasteiger partial charge in [0.2, 0.25) is 10.0 Å². The summed E-state index contributed by atoms with van der Waals surface area (Å²) in [5.41, 5.74) is 6.79. The van der Waals surface area contributed by atoms with Crippen LogP contribution in [0.15, 0.2) is 24.3 Å². The van der Waals surface area contributed by atoms with Gasteiger partial charge in [-0.05, 0) is 30.7 Å². The molecule has 5 nitrogen and oxygen atoms in total. The molecular weight excluding hydrogens is 284 g/mol. The van der Waals surface area contributed by atoms with Crippen molar-refractivity contribution >= 4 is 32.9 Å². The third kappa shape index (κ3) is 4.45. The molecule has 0 bridgehead atoms. The smallest absolute Gasteiger partial charge is 0.234 e. The first-order chi connectivity index (χ1) is 8.88. The minimum atomic E-state index is -3.33. The SMILES string of the molecule is COCCCS(=O)(=O)N(C)c1ccc(C(N)=S)cc1. The molecule has 0 aliphatic rings. The number of thiocarbonyl (C=S) groups is 1. The van der Waals surface area contributed by atoms with Crippen molar-refractivity contribution in [2.24, 2.45) is 5.73 Å². The summed E-state index contributed by atoms with van der Waals surface area (Å²) >= 11 is 4.85. The predicted molar refractivity (Wildman–Crippen MR) is 81.0 cm³/mol. The van der Waals surface area contributed by atoms with Crippen LogP contribution in [0.4, 0.5) is 5.69 Å². The van der Waals surface area contributed by atoms with Crippen molar-refractivity contribution in [2.75, 3.05) is 30.8 Å². The largest absolute Gasteiger partial charge is 0.389 e. The van der Waals surface area contributed by atoms with Gasteiger partial charge < -0.3 is 10.5 Å². The topological polar surface area (TPSA) is 72.6 Å². The number of ether oxygens (including phenoxy) is 1. The molecule has 0 saturated carbocycles. The molecule has 0 aliphatic heterocycles. The van der Waals surface area contributed by atoms with Crippen molar-refractivity contribution in [2.45, 2.75) is 6.42 Å². The lowest BCUT2D eigenvalue weighted by Crippen LogP contribution is -2.29. The Kier molecular flexibility index (Phi) is 5.71. The lowest BCUT2D eigenvalue weighted by atomic mass is 10.2. The summed E-state index contributed by atoms with van der Waals surface area (Å²) in [6, 6.07) is 6.78. The van der Waals surface area contributed by atoms with Crippen molar-refractivity contribution < 1.29 is 13.2 Å². The van der Waals surface area contributed by atoms with Gasteiger partial charge in [0.05, 0.1) is 11.4 Å². The lowest BCUT2D eigenvalue weighted by molar-refractivity contribution is 0.199. The van der Waals surface area contributed by atoms with Crippen LogP contribution >= 0.6 is 12.2 Å². The maximum absolute atomic E-state index is 12.0. The number of methoxy groups -OCH3 is 1. The average Bonchev–Trinajstić information content (AvgIpc) is 2.38. The molecule has 106 valence electrons. The second kappa shape index (κ2) is 6.83. The number of sulfonamides is 1. The standard InChI is InChI=1S/C12H18N2O3S2/c1-14(19(15,16)9-3-8-17-2)11-6-4-10(5-7-11)12(13)18/h4-7H,3,8-9H2,1-2H3,(H2,13,18). The first-order valence-corrected chi connectivity index (χ1v) is 7.75. The van der Waals surface area contributed by atoms with E-state index in [1.807, 2.05) is 0 Å². The summed E-state index contributed by atoms with van der Waals surface area (Å²) in [6.45, 7) is 0.424. The molecular formula is C12H18N2O3S2. The Labute approximate surface area is 119 Å². The first-order valence-electron chi connectivity index (χ1n) is 5.74. The number of nitrogens with two attached hydrogens (primary N) is 1. The van der Waals surface area contributed by atoms with E-state index in [2.05, 4.69) is 0 Å². The van der Waals surface area contributed by atoms with Gasteiger partial charge in [0, 0.05) is 26.3 Å². The third-order valence-electron chi connectivity index (χ3n) is 2.68. The van der Waals surface area contributed by atoms with Crippen LogP contribution in [0.5, 0.6) is 0 Å². The molecule has 0 aliphatic carbocycles. The Morgan fingerprint density at radius 1 is 1.37 bits per heavy atom. The highest BCUT2D eigenvalue weighted by Gasteiger charge is 2.17. The number of hydrogen-bond donors (Lipinski definition) is 1. The van der Waals surface area contributed by atoms with Crippen molar-refractivity contribution in [3.63, 3.8) is 0 Å². The summed E-state index contributed by atoms with van der Waals surface area (Å²) in [5.74, 6) is 0.0500. The van der Waals surface area contributed by atoms with E-state index in [1.54, 1.807) is 31.4 Å². The van der Waals surface area contributed by atoms with E-state index in [-0.39, 0.29) is 10.7 Å². The van der Waals surface area contributed by atoms with Crippen LogP contribution in [0.25, 0.3) is 0 Å². The van der Waals surface area contributed by atoms with Crippen molar-refractivity contribution in [1.82, 2.24) is 0 Å². The molecule has 0 fully saturated rings. The molecule has 0 saturated heterocycles. The van der Waals surface area contributed by atoms with Gasteiger partial charge in [0.25, 0.3) is 0 Å². The number of hydrogen-bond acceptors (Lipinski definition) is 4. The summed E-state index contributed by atoms with van der Waals surface area (Å²) in [7, 11) is -0.257. The van der Waals surface area contributed by atoms with Crippen LogP contribution in [-0.4, -0.2) is 39.9 Å². The Morgan fingerprint density at radius 2 is 1.95 bits per heavy atom. The number of anilines is 1. The number of benzene rings is 1. The fourth-order valence-corrected chi connectivity index (χ4v) is 2.85. The quantitative estimate of drug-likeness (QED) is 0.604. The molecule has 0 heterocycles. The molecule has 0 amide bonds. The van der Waals surface area contributed by atoms with Gasteiger partial charge in [-0.3, -0.25) is 4.31 Å². The fourth-order valence-electron chi connectivity index (χ4n) is 1.52. The van der Waals surface area contributed by atoms with E-state index in [9.17, 15) is 8.42 Å². The van der Waals surface area contributed by atoms with Crippen LogP contribution in [0.1, 0.15) is 12.0 Å². The average molecular weight is 302 g/mol. The molecule has 2 N–H and O–H groups in total. The van der Waals surface area contributed by atoms with E-state index in [4.69, 9.17) is 22.7 Å². The highest BCUT2D eigenvalue weighted by atomic mass is 32.2. The maximum Gasteiger partial charge on any atom is 0.234 e. The zero-order valence-electron chi connectivity index (χ0n) is 11.0. The highest BCUT2D eigenvalue weighted by Crippen LogP contribution is 2.17. The van der Waals surface area contributed by atoms with Gasteiger partial charge in [-0.2, -0.15) is 0 Å². The first kappa shape index (κ1) is 15.9. The van der Waals surface area contributed by atoms with Gasteiger partial charge in [-0.1, -0.05) is 12.2 Å². The van der Waals surface area contributed by atoms with Crippen LogP contribution < -0.4 is 10.0 Å². The van der Waals surface area contributed by atoms with Crippen molar-refractivity contribution in [3.8, 4) is 0 Å². The van der Waals surface area contributed by atoms with Crippen LogP contribution in [0.2, 0.25) is 0 Å². The molecule has 0 radical (unpaired) electrons. The summed E-state index contributed by atoms with van der Waals surface area (Å²) in [4.78, 5) is 0.289. The second-order valence-electron chi connectivity index (χ2n) is 4.04. The molecule has 1 aromatic carbocycles. The van der Waals surface area contributed by atoms with Crippen LogP contribution in [0, 0.1) is 0 Å².